The van der Waals surface area contributed by atoms with E-state index in [1.807, 2.05) is 38.2 Å². The molecule has 1 aliphatic rings. The highest BCUT2D eigenvalue weighted by Crippen LogP contribution is 2.23. The van der Waals surface area contributed by atoms with E-state index in [1.165, 1.54) is 0 Å². The van der Waals surface area contributed by atoms with Gasteiger partial charge in [-0.3, -0.25) is 9.89 Å². The first-order chi connectivity index (χ1) is 13.6. The van der Waals surface area contributed by atoms with Gasteiger partial charge in [-0.05, 0) is 36.8 Å². The molecule has 1 saturated heterocycles. The van der Waals surface area contributed by atoms with Gasteiger partial charge in [-0.15, -0.1) is 24.0 Å². The second kappa shape index (κ2) is 11.8. The molecule has 160 valence electrons. The molecule has 2 aromatic rings. The minimum Gasteiger partial charge on any atom is -0.465 e. The van der Waals surface area contributed by atoms with Crippen LogP contribution >= 0.6 is 35.6 Å². The molecule has 0 aliphatic carbocycles. The Morgan fingerprint density at radius 1 is 1.28 bits per heavy atom. The van der Waals surface area contributed by atoms with Crippen molar-refractivity contribution in [2.75, 3.05) is 46.9 Å². The summed E-state index contributed by atoms with van der Waals surface area (Å²) in [6.07, 6.45) is 0. The molecule has 0 amide bonds. The van der Waals surface area contributed by atoms with Crippen LogP contribution in [0.4, 0.5) is 0 Å². The molecule has 1 aromatic heterocycles. The predicted molar refractivity (Wildman–Crippen MR) is 128 cm³/mol. The van der Waals surface area contributed by atoms with Crippen molar-refractivity contribution in [1.29, 1.82) is 0 Å². The van der Waals surface area contributed by atoms with E-state index in [2.05, 4.69) is 32.2 Å². The highest BCUT2D eigenvalue weighted by atomic mass is 127. The zero-order chi connectivity index (χ0) is 19.9. The molecule has 0 radical (unpaired) electrons. The Labute approximate surface area is 195 Å². The summed E-state index contributed by atoms with van der Waals surface area (Å²) in [4.78, 5) is 8.94. The normalized spacial score (nSPS) is 16.2. The number of benzene rings is 1. The van der Waals surface area contributed by atoms with E-state index in [0.717, 1.165) is 60.9 Å². The fraction of sp³-hybridized carbons (Fsp3) is 0.476. The maximum atomic E-state index is 6.11. The fourth-order valence-corrected chi connectivity index (χ4v) is 3.70. The van der Waals surface area contributed by atoms with Crippen molar-refractivity contribution in [3.8, 4) is 0 Å². The number of rotatable bonds is 6. The first kappa shape index (κ1) is 24.0. The molecule has 1 N–H and O–H groups in total. The Hall–Kier alpha value is -1.29. The van der Waals surface area contributed by atoms with Gasteiger partial charge in [-0.2, -0.15) is 0 Å². The Kier molecular flexibility index (Phi) is 9.74. The number of morpholine rings is 1. The lowest BCUT2D eigenvalue weighted by molar-refractivity contribution is 0.0123. The molecule has 2 heterocycles. The van der Waals surface area contributed by atoms with Crippen LogP contribution < -0.4 is 5.32 Å². The third-order valence-corrected chi connectivity index (χ3v) is 5.15. The molecule has 0 bridgehead atoms. The Morgan fingerprint density at radius 3 is 2.66 bits per heavy atom. The molecule has 1 atom stereocenters. The number of ether oxygens (including phenoxy) is 1. The van der Waals surface area contributed by atoms with Crippen molar-refractivity contribution in [3.63, 3.8) is 0 Å². The summed E-state index contributed by atoms with van der Waals surface area (Å²) in [6.45, 7) is 6.69. The smallest absolute Gasteiger partial charge is 0.193 e. The average Bonchev–Trinajstić information content (AvgIpc) is 3.12. The second-order valence-corrected chi connectivity index (χ2v) is 7.46. The lowest BCUT2D eigenvalue weighted by Crippen LogP contribution is -2.46. The van der Waals surface area contributed by atoms with Crippen molar-refractivity contribution in [2.45, 2.75) is 19.5 Å². The van der Waals surface area contributed by atoms with Crippen LogP contribution in [-0.2, 0) is 11.3 Å². The first-order valence-electron chi connectivity index (χ1n) is 9.61. The second-order valence-electron chi connectivity index (χ2n) is 7.03. The van der Waals surface area contributed by atoms with Crippen molar-refractivity contribution in [1.82, 2.24) is 15.1 Å². The number of hydrogen-bond acceptors (Lipinski definition) is 4. The van der Waals surface area contributed by atoms with Crippen molar-refractivity contribution < 1.29 is 9.15 Å². The number of aliphatic imine (C=N–C) groups is 1. The molecule has 8 heteroatoms. The Balaban J connectivity index is 0.00000300. The van der Waals surface area contributed by atoms with Gasteiger partial charge in [0.15, 0.2) is 5.96 Å². The van der Waals surface area contributed by atoms with E-state index >= 15 is 0 Å². The van der Waals surface area contributed by atoms with Crippen LogP contribution in [0.15, 0.2) is 45.8 Å². The number of guanidine groups is 1. The molecule has 1 unspecified atom stereocenters. The van der Waals surface area contributed by atoms with Gasteiger partial charge >= 0.3 is 0 Å². The van der Waals surface area contributed by atoms with E-state index < -0.39 is 0 Å². The lowest BCUT2D eigenvalue weighted by atomic mass is 10.1. The van der Waals surface area contributed by atoms with Crippen LogP contribution in [0.3, 0.4) is 0 Å². The number of aryl methyl sites for hydroxylation is 1. The number of hydrogen-bond donors (Lipinski definition) is 1. The highest BCUT2D eigenvalue weighted by Gasteiger charge is 2.25. The van der Waals surface area contributed by atoms with E-state index in [4.69, 9.17) is 20.8 Å². The predicted octanol–water partition coefficient (Wildman–Crippen LogP) is 3.94. The quantitative estimate of drug-likeness (QED) is 0.347. The summed E-state index contributed by atoms with van der Waals surface area (Å²) >= 11 is 6.11. The van der Waals surface area contributed by atoms with E-state index in [0.29, 0.717) is 6.54 Å². The molecule has 0 spiro atoms. The average molecular weight is 533 g/mol. The Morgan fingerprint density at radius 2 is 2.03 bits per heavy atom. The van der Waals surface area contributed by atoms with Crippen LogP contribution in [0.2, 0.25) is 5.02 Å². The number of furan rings is 1. The van der Waals surface area contributed by atoms with Crippen LogP contribution in [0.5, 0.6) is 0 Å². The maximum absolute atomic E-state index is 6.11. The van der Waals surface area contributed by atoms with Crippen LogP contribution in [0, 0.1) is 6.92 Å². The van der Waals surface area contributed by atoms with Gasteiger partial charge in [0.05, 0.1) is 19.3 Å². The molecule has 1 fully saturated rings. The number of nitrogens with one attached hydrogen (secondary N) is 1. The lowest BCUT2D eigenvalue weighted by Gasteiger charge is -2.34. The largest absolute Gasteiger partial charge is 0.465 e. The van der Waals surface area contributed by atoms with E-state index in [-0.39, 0.29) is 30.0 Å². The zero-order valence-electron chi connectivity index (χ0n) is 17.2. The van der Waals surface area contributed by atoms with Gasteiger partial charge < -0.3 is 19.4 Å². The third kappa shape index (κ3) is 6.87. The summed E-state index contributed by atoms with van der Waals surface area (Å²) in [5.41, 5.74) is 1.14. The van der Waals surface area contributed by atoms with Crippen molar-refractivity contribution in [2.24, 2.45) is 4.99 Å². The van der Waals surface area contributed by atoms with Crippen molar-refractivity contribution >= 4 is 41.5 Å². The summed E-state index contributed by atoms with van der Waals surface area (Å²) < 4.78 is 11.5. The minimum atomic E-state index is 0. The van der Waals surface area contributed by atoms with E-state index in [1.54, 1.807) is 7.05 Å². The Bertz CT molecular complexity index is 792. The third-order valence-electron chi connectivity index (χ3n) is 4.91. The minimum absolute atomic E-state index is 0. The molecule has 3 rings (SSSR count). The standard InChI is InChI=1S/C21H29ClN4O2.HI/c1-16-7-8-20(28-16)19(26-9-11-27-12-10-26)14-24-21(23-2)25(3)15-17-5-4-6-18(22)13-17;/h4-8,13,19H,9-12,14-15H2,1-3H3,(H,23,24);1H. The van der Waals surface area contributed by atoms with Gasteiger partial charge in [-0.1, -0.05) is 23.7 Å². The maximum Gasteiger partial charge on any atom is 0.193 e. The van der Waals surface area contributed by atoms with Gasteiger partial charge in [0.1, 0.15) is 11.5 Å². The first-order valence-corrected chi connectivity index (χ1v) is 9.99. The number of halogens is 2. The highest BCUT2D eigenvalue weighted by molar-refractivity contribution is 14.0. The summed E-state index contributed by atoms with van der Waals surface area (Å²) in [5, 5.41) is 4.25. The SMILES string of the molecule is CN=C(NCC(c1ccc(C)o1)N1CCOCC1)N(C)Cc1cccc(Cl)c1.I. The van der Waals surface area contributed by atoms with Gasteiger partial charge in [0.2, 0.25) is 0 Å². The molecular formula is C21H30ClIN4O2. The molecule has 1 aliphatic heterocycles. The topological polar surface area (TPSA) is 53.2 Å². The van der Waals surface area contributed by atoms with E-state index in [9.17, 15) is 0 Å². The van der Waals surface area contributed by atoms with Crippen LogP contribution in [-0.4, -0.2) is 62.7 Å². The fourth-order valence-electron chi connectivity index (χ4n) is 3.49. The van der Waals surface area contributed by atoms with Crippen LogP contribution in [0.1, 0.15) is 23.1 Å². The van der Waals surface area contributed by atoms with Crippen molar-refractivity contribution in [3.05, 3.63) is 58.5 Å². The monoisotopic (exact) mass is 532 g/mol. The molecular weight excluding hydrogens is 503 g/mol. The van der Waals surface area contributed by atoms with Gasteiger partial charge in [0, 0.05) is 45.3 Å². The zero-order valence-corrected chi connectivity index (χ0v) is 20.3. The molecule has 0 saturated carbocycles. The van der Waals surface area contributed by atoms with Gasteiger partial charge in [-0.25, -0.2) is 0 Å². The molecule has 1 aromatic carbocycles. The molecule has 29 heavy (non-hydrogen) atoms. The summed E-state index contributed by atoms with van der Waals surface area (Å²) in [6, 6.07) is 12.1. The summed E-state index contributed by atoms with van der Waals surface area (Å²) in [5.74, 6) is 2.73. The number of nitrogens with zero attached hydrogens (tertiary/aromatic N) is 3. The van der Waals surface area contributed by atoms with Crippen LogP contribution in [0.25, 0.3) is 0 Å². The van der Waals surface area contributed by atoms with Gasteiger partial charge in [0.25, 0.3) is 0 Å². The summed E-state index contributed by atoms with van der Waals surface area (Å²) in [7, 11) is 3.83. The molecule has 6 nitrogen and oxygen atoms in total.